The average molecular weight is 440 g/mol. The van der Waals surface area contributed by atoms with Gasteiger partial charge in [0.15, 0.2) is 5.13 Å². The SMILES string of the molecule is C=CCNS(=O)(=O)c1cccc(C(=O)Nc2nc(-c3ccc4c(c3)CCC4)cs2)c1. The van der Waals surface area contributed by atoms with Crippen molar-refractivity contribution in [3.63, 3.8) is 0 Å². The van der Waals surface area contributed by atoms with Crippen molar-refractivity contribution in [2.24, 2.45) is 0 Å². The normalized spacial score (nSPS) is 13.1. The molecule has 8 heteroatoms. The van der Waals surface area contributed by atoms with Gasteiger partial charge in [0.1, 0.15) is 0 Å². The standard InChI is InChI=1S/C22H21N3O3S2/c1-2-11-23-30(27,28)19-8-4-7-18(13-19)21(26)25-22-24-20(14-29-22)17-10-9-15-5-3-6-16(15)12-17/h2,4,7-10,12-14,23H,1,3,5-6,11H2,(H,24,25,26). The van der Waals surface area contributed by atoms with Crippen LogP contribution in [0.4, 0.5) is 5.13 Å². The number of rotatable bonds is 7. The zero-order valence-corrected chi connectivity index (χ0v) is 17.9. The summed E-state index contributed by atoms with van der Waals surface area (Å²) in [5, 5.41) is 5.13. The highest BCUT2D eigenvalue weighted by Gasteiger charge is 2.17. The molecule has 0 saturated carbocycles. The van der Waals surface area contributed by atoms with E-state index in [4.69, 9.17) is 0 Å². The number of hydrogen-bond donors (Lipinski definition) is 2. The molecular weight excluding hydrogens is 418 g/mol. The van der Waals surface area contributed by atoms with E-state index >= 15 is 0 Å². The maximum absolute atomic E-state index is 12.6. The minimum absolute atomic E-state index is 0.0231. The Morgan fingerprint density at radius 3 is 2.83 bits per heavy atom. The molecule has 1 amide bonds. The van der Waals surface area contributed by atoms with Gasteiger partial charge in [0.05, 0.1) is 10.6 Å². The maximum atomic E-state index is 12.6. The van der Waals surface area contributed by atoms with Crippen molar-refractivity contribution in [2.45, 2.75) is 24.2 Å². The lowest BCUT2D eigenvalue weighted by Crippen LogP contribution is -2.24. The first kappa shape index (κ1) is 20.5. The molecule has 4 rings (SSSR count). The van der Waals surface area contributed by atoms with Crippen LogP contribution in [-0.4, -0.2) is 25.9 Å². The summed E-state index contributed by atoms with van der Waals surface area (Å²) in [7, 11) is -3.70. The van der Waals surface area contributed by atoms with E-state index in [0.717, 1.165) is 24.1 Å². The molecule has 0 saturated heterocycles. The zero-order chi connectivity index (χ0) is 21.1. The Kier molecular flexibility index (Phi) is 5.80. The van der Waals surface area contributed by atoms with Gasteiger partial charge in [0.25, 0.3) is 5.91 Å². The second kappa shape index (κ2) is 8.51. The van der Waals surface area contributed by atoms with Crippen LogP contribution in [0.3, 0.4) is 0 Å². The molecule has 0 aliphatic heterocycles. The van der Waals surface area contributed by atoms with E-state index < -0.39 is 15.9 Å². The summed E-state index contributed by atoms with van der Waals surface area (Å²) >= 11 is 1.34. The number of nitrogens with zero attached hydrogens (tertiary/aromatic N) is 1. The van der Waals surface area contributed by atoms with E-state index in [0.29, 0.717) is 5.13 Å². The van der Waals surface area contributed by atoms with Crippen LogP contribution in [-0.2, 0) is 22.9 Å². The molecule has 0 fully saturated rings. The lowest BCUT2D eigenvalue weighted by atomic mass is 10.1. The Morgan fingerprint density at radius 1 is 1.17 bits per heavy atom. The molecule has 154 valence electrons. The second-order valence-electron chi connectivity index (χ2n) is 7.00. The molecular formula is C22H21N3O3S2. The number of carbonyl (C=O) groups excluding carboxylic acids is 1. The number of hydrogen-bond acceptors (Lipinski definition) is 5. The van der Waals surface area contributed by atoms with Crippen molar-refractivity contribution >= 4 is 32.4 Å². The van der Waals surface area contributed by atoms with Gasteiger partial charge in [-0.1, -0.05) is 24.3 Å². The van der Waals surface area contributed by atoms with Gasteiger partial charge in [0, 0.05) is 23.1 Å². The third-order valence-corrected chi connectivity index (χ3v) is 7.12. The predicted molar refractivity (Wildman–Crippen MR) is 119 cm³/mol. The molecule has 1 aliphatic carbocycles. The second-order valence-corrected chi connectivity index (χ2v) is 9.62. The van der Waals surface area contributed by atoms with Crippen molar-refractivity contribution in [3.05, 3.63) is 77.2 Å². The molecule has 2 N–H and O–H groups in total. The average Bonchev–Trinajstić information content (AvgIpc) is 3.41. The van der Waals surface area contributed by atoms with Crippen molar-refractivity contribution < 1.29 is 13.2 Å². The molecule has 1 heterocycles. The Bertz CT molecular complexity index is 1220. The highest BCUT2D eigenvalue weighted by molar-refractivity contribution is 7.89. The van der Waals surface area contributed by atoms with Crippen LogP contribution in [0, 0.1) is 0 Å². The first-order valence-corrected chi connectivity index (χ1v) is 11.9. The Morgan fingerprint density at radius 2 is 2.00 bits per heavy atom. The van der Waals surface area contributed by atoms with E-state index in [1.54, 1.807) is 6.07 Å². The molecule has 1 aliphatic rings. The number of aromatic nitrogens is 1. The van der Waals surface area contributed by atoms with Gasteiger partial charge in [0.2, 0.25) is 10.0 Å². The van der Waals surface area contributed by atoms with E-state index in [2.05, 4.69) is 39.8 Å². The lowest BCUT2D eigenvalue weighted by Gasteiger charge is -2.07. The highest BCUT2D eigenvalue weighted by atomic mass is 32.2. The Hall–Kier alpha value is -2.81. The molecule has 0 spiro atoms. The van der Waals surface area contributed by atoms with Crippen LogP contribution in [0.5, 0.6) is 0 Å². The van der Waals surface area contributed by atoms with Crippen LogP contribution in [0.25, 0.3) is 11.3 Å². The fourth-order valence-corrected chi connectivity index (χ4v) is 5.18. The summed E-state index contributed by atoms with van der Waals surface area (Å²) in [6.45, 7) is 3.61. The summed E-state index contributed by atoms with van der Waals surface area (Å²) in [5.74, 6) is -0.411. The number of sulfonamides is 1. The number of nitrogens with one attached hydrogen (secondary N) is 2. The first-order valence-electron chi connectivity index (χ1n) is 9.56. The minimum atomic E-state index is -3.70. The summed E-state index contributed by atoms with van der Waals surface area (Å²) in [6.07, 6.45) is 4.87. The van der Waals surface area contributed by atoms with E-state index in [-0.39, 0.29) is 17.0 Å². The summed E-state index contributed by atoms with van der Waals surface area (Å²) in [4.78, 5) is 17.2. The smallest absolute Gasteiger partial charge is 0.257 e. The molecule has 0 atom stereocenters. The molecule has 30 heavy (non-hydrogen) atoms. The number of benzene rings is 2. The first-order chi connectivity index (χ1) is 14.5. The molecule has 3 aromatic rings. The van der Waals surface area contributed by atoms with Crippen LogP contribution >= 0.6 is 11.3 Å². The van der Waals surface area contributed by atoms with Crippen LogP contribution in [0.1, 0.15) is 27.9 Å². The quantitative estimate of drug-likeness (QED) is 0.545. The van der Waals surface area contributed by atoms with E-state index in [9.17, 15) is 13.2 Å². The number of carbonyl (C=O) groups is 1. The molecule has 0 radical (unpaired) electrons. The van der Waals surface area contributed by atoms with Gasteiger partial charge in [-0.05, 0) is 54.7 Å². The van der Waals surface area contributed by atoms with Gasteiger partial charge in [-0.2, -0.15) is 0 Å². The van der Waals surface area contributed by atoms with Crippen molar-refractivity contribution in [2.75, 3.05) is 11.9 Å². The fourth-order valence-electron chi connectivity index (χ4n) is 3.42. The van der Waals surface area contributed by atoms with Gasteiger partial charge < -0.3 is 0 Å². The van der Waals surface area contributed by atoms with E-state index in [1.807, 2.05) is 5.38 Å². The Labute approximate surface area is 179 Å². The van der Waals surface area contributed by atoms with Crippen molar-refractivity contribution in [3.8, 4) is 11.3 Å². The number of amides is 1. The molecule has 0 unspecified atom stereocenters. The molecule has 2 aromatic carbocycles. The van der Waals surface area contributed by atoms with Crippen LogP contribution in [0.15, 0.2) is 65.4 Å². The fraction of sp³-hybridized carbons (Fsp3) is 0.182. The summed E-state index contributed by atoms with van der Waals surface area (Å²) in [6, 6.07) is 12.3. The zero-order valence-electron chi connectivity index (χ0n) is 16.2. The summed E-state index contributed by atoms with van der Waals surface area (Å²) in [5.41, 5.74) is 4.86. The predicted octanol–water partition coefficient (Wildman–Crippen LogP) is 4.02. The number of anilines is 1. The van der Waals surface area contributed by atoms with Crippen molar-refractivity contribution in [1.29, 1.82) is 0 Å². The monoisotopic (exact) mass is 439 g/mol. The van der Waals surface area contributed by atoms with Crippen LogP contribution < -0.4 is 10.0 Å². The minimum Gasteiger partial charge on any atom is -0.298 e. The van der Waals surface area contributed by atoms with Gasteiger partial charge in [-0.15, -0.1) is 17.9 Å². The van der Waals surface area contributed by atoms with Gasteiger partial charge >= 0.3 is 0 Å². The number of fused-ring (bicyclic) bond motifs is 1. The third-order valence-electron chi connectivity index (χ3n) is 4.94. The number of aryl methyl sites for hydroxylation is 2. The van der Waals surface area contributed by atoms with Crippen LogP contribution in [0.2, 0.25) is 0 Å². The largest absolute Gasteiger partial charge is 0.298 e. The van der Waals surface area contributed by atoms with Gasteiger partial charge in [-0.3, -0.25) is 10.1 Å². The molecule has 6 nitrogen and oxygen atoms in total. The molecule has 1 aromatic heterocycles. The van der Waals surface area contributed by atoms with E-state index in [1.165, 1.54) is 53.2 Å². The maximum Gasteiger partial charge on any atom is 0.257 e. The number of thiazole rings is 1. The highest BCUT2D eigenvalue weighted by Crippen LogP contribution is 2.30. The third kappa shape index (κ3) is 4.35. The lowest BCUT2D eigenvalue weighted by molar-refractivity contribution is 0.102. The van der Waals surface area contributed by atoms with Crippen molar-refractivity contribution in [1.82, 2.24) is 9.71 Å². The van der Waals surface area contributed by atoms with Gasteiger partial charge in [-0.25, -0.2) is 18.1 Å². The topological polar surface area (TPSA) is 88.2 Å². The molecule has 0 bridgehead atoms. The Balaban J connectivity index is 1.50. The summed E-state index contributed by atoms with van der Waals surface area (Å²) < 4.78 is 26.9.